The summed E-state index contributed by atoms with van der Waals surface area (Å²) in [7, 11) is 2.26. The second-order valence-electron chi connectivity index (χ2n) is 6.25. The van der Waals surface area contributed by atoms with Crippen molar-refractivity contribution in [2.75, 3.05) is 26.7 Å². The largest absolute Gasteiger partial charge is 0.508 e. The number of nitrogens with zero attached hydrogens (tertiary/aromatic N) is 2. The van der Waals surface area contributed by atoms with Crippen LogP contribution < -0.4 is 0 Å². The Kier molecular flexibility index (Phi) is 4.20. The fourth-order valence-electron chi connectivity index (χ4n) is 3.79. The monoisotopic (exact) mass is 294 g/mol. The standard InChI is InChI=1S/C16H23ClN2O/c1-18-7-2-3-12-10-19(8-6-15(12)18)11-13-9-14(17)4-5-16(13)20/h4-5,9,12,15,20H,2-3,6-8,10-11H2,1H3. The van der Waals surface area contributed by atoms with Gasteiger partial charge in [-0.25, -0.2) is 0 Å². The van der Waals surface area contributed by atoms with E-state index in [2.05, 4.69) is 16.8 Å². The summed E-state index contributed by atoms with van der Waals surface area (Å²) in [5, 5.41) is 10.6. The molecule has 1 N–H and O–H groups in total. The Balaban J connectivity index is 1.66. The van der Waals surface area contributed by atoms with Crippen molar-refractivity contribution in [1.29, 1.82) is 0 Å². The number of hydrogen-bond donors (Lipinski definition) is 1. The predicted octanol–water partition coefficient (Wildman–Crippen LogP) is 2.96. The minimum absolute atomic E-state index is 0.359. The van der Waals surface area contributed by atoms with Gasteiger partial charge in [0.15, 0.2) is 0 Å². The average Bonchev–Trinajstić information content (AvgIpc) is 2.43. The van der Waals surface area contributed by atoms with Gasteiger partial charge in [-0.05, 0) is 63.5 Å². The van der Waals surface area contributed by atoms with Crippen LogP contribution in [0, 0.1) is 5.92 Å². The van der Waals surface area contributed by atoms with Gasteiger partial charge < -0.3 is 10.0 Å². The summed E-state index contributed by atoms with van der Waals surface area (Å²) in [4.78, 5) is 4.99. The number of phenols is 1. The van der Waals surface area contributed by atoms with E-state index in [4.69, 9.17) is 11.6 Å². The Morgan fingerprint density at radius 1 is 1.30 bits per heavy atom. The molecule has 2 aliphatic heterocycles. The van der Waals surface area contributed by atoms with Crippen molar-refractivity contribution in [3.8, 4) is 5.75 Å². The first-order valence-corrected chi connectivity index (χ1v) is 7.91. The number of likely N-dealkylation sites (tertiary alicyclic amines) is 2. The Morgan fingerprint density at radius 2 is 2.15 bits per heavy atom. The lowest BCUT2D eigenvalue weighted by atomic mass is 9.84. The summed E-state index contributed by atoms with van der Waals surface area (Å²) in [5.74, 6) is 1.14. The highest BCUT2D eigenvalue weighted by molar-refractivity contribution is 6.30. The van der Waals surface area contributed by atoms with Crippen LogP contribution in [0.5, 0.6) is 5.75 Å². The van der Waals surface area contributed by atoms with Gasteiger partial charge in [0.25, 0.3) is 0 Å². The lowest BCUT2D eigenvalue weighted by Crippen LogP contribution is -2.52. The Bertz CT molecular complexity index is 480. The summed E-state index contributed by atoms with van der Waals surface area (Å²) >= 11 is 6.03. The quantitative estimate of drug-likeness (QED) is 0.908. The summed E-state index contributed by atoms with van der Waals surface area (Å²) in [6.07, 6.45) is 3.89. The topological polar surface area (TPSA) is 26.7 Å². The molecular formula is C16H23ClN2O. The molecule has 110 valence electrons. The molecule has 3 rings (SSSR count). The molecule has 2 aliphatic rings. The van der Waals surface area contributed by atoms with E-state index in [1.807, 2.05) is 6.07 Å². The van der Waals surface area contributed by atoms with Crippen LogP contribution in [-0.2, 0) is 6.54 Å². The maximum Gasteiger partial charge on any atom is 0.120 e. The van der Waals surface area contributed by atoms with Gasteiger partial charge in [-0.2, -0.15) is 0 Å². The van der Waals surface area contributed by atoms with Crippen LogP contribution in [0.15, 0.2) is 18.2 Å². The Morgan fingerprint density at radius 3 is 3.00 bits per heavy atom. The number of halogens is 1. The molecule has 1 aromatic rings. The highest BCUT2D eigenvalue weighted by Crippen LogP contribution is 2.31. The average molecular weight is 295 g/mol. The fourth-order valence-corrected chi connectivity index (χ4v) is 3.99. The number of aromatic hydroxyl groups is 1. The molecule has 0 aromatic heterocycles. The molecule has 2 saturated heterocycles. The van der Waals surface area contributed by atoms with Crippen molar-refractivity contribution in [1.82, 2.24) is 9.80 Å². The van der Waals surface area contributed by atoms with Crippen LogP contribution in [0.1, 0.15) is 24.8 Å². The lowest BCUT2D eigenvalue weighted by molar-refractivity contribution is 0.0352. The van der Waals surface area contributed by atoms with Crippen molar-refractivity contribution in [3.63, 3.8) is 0 Å². The molecule has 2 heterocycles. The summed E-state index contributed by atoms with van der Waals surface area (Å²) in [6.45, 7) is 4.30. The Labute approximate surface area is 126 Å². The van der Waals surface area contributed by atoms with Gasteiger partial charge in [-0.3, -0.25) is 4.90 Å². The third-order valence-corrected chi connectivity index (χ3v) is 5.10. The maximum atomic E-state index is 9.95. The molecule has 2 unspecified atom stereocenters. The zero-order valence-corrected chi connectivity index (χ0v) is 12.8. The second-order valence-corrected chi connectivity index (χ2v) is 6.68. The van der Waals surface area contributed by atoms with E-state index < -0.39 is 0 Å². The number of hydrogen-bond acceptors (Lipinski definition) is 3. The van der Waals surface area contributed by atoms with Crippen LogP contribution in [0.2, 0.25) is 5.02 Å². The summed E-state index contributed by atoms with van der Waals surface area (Å²) in [5.41, 5.74) is 0.945. The van der Waals surface area contributed by atoms with Crippen LogP contribution in [0.3, 0.4) is 0 Å². The van der Waals surface area contributed by atoms with E-state index in [0.29, 0.717) is 10.8 Å². The van der Waals surface area contributed by atoms with Crippen molar-refractivity contribution in [2.45, 2.75) is 31.8 Å². The maximum absolute atomic E-state index is 9.95. The zero-order valence-electron chi connectivity index (χ0n) is 12.1. The van der Waals surface area contributed by atoms with E-state index in [-0.39, 0.29) is 0 Å². The van der Waals surface area contributed by atoms with Gasteiger partial charge in [0, 0.05) is 29.7 Å². The van der Waals surface area contributed by atoms with Crippen LogP contribution >= 0.6 is 11.6 Å². The molecule has 0 spiro atoms. The first-order valence-electron chi connectivity index (χ1n) is 7.53. The zero-order chi connectivity index (χ0) is 14.1. The molecule has 20 heavy (non-hydrogen) atoms. The number of rotatable bonds is 2. The van der Waals surface area contributed by atoms with E-state index in [9.17, 15) is 5.11 Å². The van der Waals surface area contributed by atoms with Crippen molar-refractivity contribution >= 4 is 11.6 Å². The normalized spacial score (nSPS) is 28.3. The first kappa shape index (κ1) is 14.2. The highest BCUT2D eigenvalue weighted by atomic mass is 35.5. The fraction of sp³-hybridized carbons (Fsp3) is 0.625. The molecule has 0 radical (unpaired) electrons. The van der Waals surface area contributed by atoms with Crippen molar-refractivity contribution in [3.05, 3.63) is 28.8 Å². The number of benzene rings is 1. The van der Waals surface area contributed by atoms with E-state index in [0.717, 1.165) is 37.2 Å². The second kappa shape index (κ2) is 5.92. The van der Waals surface area contributed by atoms with Gasteiger partial charge in [-0.15, -0.1) is 0 Å². The minimum Gasteiger partial charge on any atom is -0.508 e. The van der Waals surface area contributed by atoms with Crippen molar-refractivity contribution in [2.24, 2.45) is 5.92 Å². The van der Waals surface area contributed by atoms with Crippen LogP contribution in [0.4, 0.5) is 0 Å². The smallest absolute Gasteiger partial charge is 0.120 e. The van der Waals surface area contributed by atoms with Gasteiger partial charge in [0.05, 0.1) is 0 Å². The molecule has 2 atom stereocenters. The third-order valence-electron chi connectivity index (χ3n) is 4.87. The molecule has 0 bridgehead atoms. The molecule has 3 nitrogen and oxygen atoms in total. The summed E-state index contributed by atoms with van der Waals surface area (Å²) < 4.78 is 0. The number of piperidine rings is 2. The molecule has 0 saturated carbocycles. The first-order chi connectivity index (χ1) is 9.63. The van der Waals surface area contributed by atoms with Gasteiger partial charge in [0.2, 0.25) is 0 Å². The SMILES string of the molecule is CN1CCCC2CN(Cc3cc(Cl)ccc3O)CCC21. The molecule has 1 aromatic carbocycles. The van der Waals surface area contributed by atoms with Crippen LogP contribution in [0.25, 0.3) is 0 Å². The third kappa shape index (κ3) is 2.95. The number of fused-ring (bicyclic) bond motifs is 1. The lowest BCUT2D eigenvalue weighted by Gasteiger charge is -2.46. The van der Waals surface area contributed by atoms with Crippen molar-refractivity contribution < 1.29 is 5.11 Å². The van der Waals surface area contributed by atoms with E-state index >= 15 is 0 Å². The molecular weight excluding hydrogens is 272 g/mol. The Hall–Kier alpha value is -0.770. The predicted molar refractivity (Wildman–Crippen MR) is 82.2 cm³/mol. The van der Waals surface area contributed by atoms with Gasteiger partial charge >= 0.3 is 0 Å². The summed E-state index contributed by atoms with van der Waals surface area (Å²) in [6, 6.07) is 6.07. The molecule has 0 amide bonds. The molecule has 4 heteroatoms. The highest BCUT2D eigenvalue weighted by Gasteiger charge is 2.34. The number of phenolic OH excluding ortho intramolecular Hbond substituents is 1. The minimum atomic E-state index is 0.359. The van der Waals surface area contributed by atoms with Gasteiger partial charge in [0.1, 0.15) is 5.75 Å². The van der Waals surface area contributed by atoms with E-state index in [1.165, 1.54) is 25.8 Å². The van der Waals surface area contributed by atoms with Gasteiger partial charge in [-0.1, -0.05) is 11.6 Å². The van der Waals surface area contributed by atoms with Crippen LogP contribution in [-0.4, -0.2) is 47.6 Å². The molecule has 0 aliphatic carbocycles. The molecule has 2 fully saturated rings. The van der Waals surface area contributed by atoms with E-state index in [1.54, 1.807) is 12.1 Å².